The Morgan fingerprint density at radius 3 is 1.59 bits per heavy atom. The molecule has 8 rings (SSSR count). The predicted octanol–water partition coefficient (Wildman–Crippen LogP) is 12.1. The van der Waals surface area contributed by atoms with Crippen molar-refractivity contribution >= 4 is 38.9 Å². The van der Waals surface area contributed by atoms with Crippen molar-refractivity contribution in [1.82, 2.24) is 4.57 Å². The van der Waals surface area contributed by atoms with E-state index in [-0.39, 0.29) is 0 Å². The molecule has 0 radical (unpaired) electrons. The number of nitrogens with zero attached hydrogens (tertiary/aromatic N) is 2. The Kier molecular flexibility index (Phi) is 7.16. The van der Waals surface area contributed by atoms with Crippen LogP contribution in [0.15, 0.2) is 176 Å². The van der Waals surface area contributed by atoms with E-state index in [4.69, 9.17) is 0 Å². The van der Waals surface area contributed by atoms with Gasteiger partial charge in [0.2, 0.25) is 0 Å². The fourth-order valence-electron chi connectivity index (χ4n) is 6.57. The molecule has 220 valence electrons. The summed E-state index contributed by atoms with van der Waals surface area (Å²) in [4.78, 5) is 2.35. The third-order valence-electron chi connectivity index (χ3n) is 8.98. The van der Waals surface area contributed by atoms with E-state index in [1.165, 1.54) is 49.6 Å². The lowest BCUT2D eigenvalue weighted by molar-refractivity contribution is 1.14. The third kappa shape index (κ3) is 5.04. The summed E-state index contributed by atoms with van der Waals surface area (Å²) in [5.41, 5.74) is 13.2. The molecule has 0 unspecified atom stereocenters. The van der Waals surface area contributed by atoms with Gasteiger partial charge < -0.3 is 9.47 Å². The Labute approximate surface area is 270 Å². The van der Waals surface area contributed by atoms with Crippen molar-refractivity contribution in [3.05, 3.63) is 181 Å². The van der Waals surface area contributed by atoms with Crippen molar-refractivity contribution < 1.29 is 0 Å². The van der Waals surface area contributed by atoms with Gasteiger partial charge in [-0.1, -0.05) is 122 Å². The predicted molar refractivity (Wildman–Crippen MR) is 196 cm³/mol. The summed E-state index contributed by atoms with van der Waals surface area (Å²) in [5.74, 6) is 0. The molecule has 0 aliphatic rings. The molecule has 1 aromatic heterocycles. The molecule has 0 amide bonds. The summed E-state index contributed by atoms with van der Waals surface area (Å²) in [6, 6.07) is 63.5. The highest BCUT2D eigenvalue weighted by Crippen LogP contribution is 2.40. The minimum atomic E-state index is 1.05. The van der Waals surface area contributed by atoms with Gasteiger partial charge in [-0.25, -0.2) is 0 Å². The zero-order valence-electron chi connectivity index (χ0n) is 25.8. The fourth-order valence-corrected chi connectivity index (χ4v) is 6.57. The summed E-state index contributed by atoms with van der Waals surface area (Å²) < 4.78 is 2.39. The molecule has 2 heteroatoms. The van der Waals surface area contributed by atoms with E-state index in [0.29, 0.717) is 0 Å². The number of hydrogen-bond donors (Lipinski definition) is 0. The molecule has 0 N–H and O–H groups in total. The number of aryl methyl sites for hydroxylation is 1. The first-order valence-corrected chi connectivity index (χ1v) is 16.0. The monoisotopic (exact) mass is 590 g/mol. The quantitative estimate of drug-likeness (QED) is 0.179. The van der Waals surface area contributed by atoms with Gasteiger partial charge in [0.1, 0.15) is 0 Å². The van der Waals surface area contributed by atoms with Gasteiger partial charge in [0.25, 0.3) is 0 Å². The van der Waals surface area contributed by atoms with E-state index in [1.807, 2.05) is 0 Å². The normalized spacial score (nSPS) is 11.2. The van der Waals surface area contributed by atoms with Crippen molar-refractivity contribution in [3.8, 4) is 27.9 Å². The van der Waals surface area contributed by atoms with Gasteiger partial charge >= 0.3 is 0 Å². The zero-order valence-corrected chi connectivity index (χ0v) is 25.8. The third-order valence-corrected chi connectivity index (χ3v) is 8.98. The standard InChI is InChI=1S/C44H34N2/c1-2-32-17-19-34(20-18-32)36-23-27-39(28-24-36)46-43-16-10-9-15-41(43)42-31-40(29-30-44(42)46)45(37-13-7-4-8-14-37)38-25-21-35(22-26-38)33-11-5-3-6-12-33/h3-31H,2H2,1H3. The van der Waals surface area contributed by atoms with Crippen molar-refractivity contribution in [2.24, 2.45) is 0 Å². The van der Waals surface area contributed by atoms with Crippen LogP contribution in [0, 0.1) is 0 Å². The van der Waals surface area contributed by atoms with Crippen molar-refractivity contribution in [2.45, 2.75) is 13.3 Å². The number of para-hydroxylation sites is 2. The number of aromatic nitrogens is 1. The number of fused-ring (bicyclic) bond motifs is 3. The van der Waals surface area contributed by atoms with Gasteiger partial charge in [0.05, 0.1) is 11.0 Å². The van der Waals surface area contributed by atoms with Crippen LogP contribution in [0.2, 0.25) is 0 Å². The number of rotatable bonds is 7. The van der Waals surface area contributed by atoms with Crippen LogP contribution >= 0.6 is 0 Å². The number of hydrogen-bond acceptors (Lipinski definition) is 1. The van der Waals surface area contributed by atoms with Crippen LogP contribution in [-0.4, -0.2) is 4.57 Å². The Morgan fingerprint density at radius 2 is 0.913 bits per heavy atom. The highest BCUT2D eigenvalue weighted by Gasteiger charge is 2.17. The Bertz CT molecular complexity index is 2250. The zero-order chi connectivity index (χ0) is 30.9. The minimum absolute atomic E-state index is 1.05. The van der Waals surface area contributed by atoms with E-state index in [9.17, 15) is 0 Å². The van der Waals surface area contributed by atoms with Crippen LogP contribution in [0.3, 0.4) is 0 Å². The second-order valence-electron chi connectivity index (χ2n) is 11.7. The van der Waals surface area contributed by atoms with Crippen LogP contribution in [0.5, 0.6) is 0 Å². The maximum Gasteiger partial charge on any atom is 0.0542 e. The topological polar surface area (TPSA) is 8.17 Å². The van der Waals surface area contributed by atoms with Crippen molar-refractivity contribution in [2.75, 3.05) is 4.90 Å². The van der Waals surface area contributed by atoms with Crippen LogP contribution in [0.4, 0.5) is 17.1 Å². The average Bonchev–Trinajstić information content (AvgIpc) is 3.47. The second kappa shape index (κ2) is 11.9. The van der Waals surface area contributed by atoms with Gasteiger partial charge in [-0.05, 0) is 94.9 Å². The summed E-state index contributed by atoms with van der Waals surface area (Å²) in [6.45, 7) is 2.20. The molecule has 8 aromatic rings. The molecule has 0 bridgehead atoms. The largest absolute Gasteiger partial charge is 0.310 e. The van der Waals surface area contributed by atoms with Gasteiger partial charge in [-0.15, -0.1) is 0 Å². The summed E-state index contributed by atoms with van der Waals surface area (Å²) in [5, 5.41) is 2.47. The molecule has 46 heavy (non-hydrogen) atoms. The molecule has 7 aromatic carbocycles. The summed E-state index contributed by atoms with van der Waals surface area (Å²) in [6.07, 6.45) is 1.05. The Balaban J connectivity index is 1.23. The average molecular weight is 591 g/mol. The lowest BCUT2D eigenvalue weighted by atomic mass is 10.0. The first-order valence-electron chi connectivity index (χ1n) is 16.0. The van der Waals surface area contributed by atoms with Crippen molar-refractivity contribution in [3.63, 3.8) is 0 Å². The Morgan fingerprint density at radius 1 is 0.413 bits per heavy atom. The van der Waals surface area contributed by atoms with Gasteiger partial charge in [-0.3, -0.25) is 0 Å². The smallest absolute Gasteiger partial charge is 0.0542 e. The molecule has 0 saturated heterocycles. The first kappa shape index (κ1) is 27.7. The van der Waals surface area contributed by atoms with Gasteiger partial charge in [0.15, 0.2) is 0 Å². The summed E-state index contributed by atoms with van der Waals surface area (Å²) in [7, 11) is 0. The lowest BCUT2D eigenvalue weighted by Crippen LogP contribution is -2.09. The molecule has 0 aliphatic heterocycles. The highest BCUT2D eigenvalue weighted by molar-refractivity contribution is 6.10. The maximum atomic E-state index is 2.39. The molecule has 0 spiro atoms. The molecule has 0 fully saturated rings. The molecule has 0 saturated carbocycles. The summed E-state index contributed by atoms with van der Waals surface area (Å²) >= 11 is 0. The number of anilines is 3. The SMILES string of the molecule is CCc1ccc(-c2ccc(-n3c4ccccc4c4cc(N(c5ccccc5)c5ccc(-c6ccccc6)cc5)ccc43)cc2)cc1. The van der Waals surface area contributed by atoms with Crippen LogP contribution in [0.1, 0.15) is 12.5 Å². The van der Waals surface area contributed by atoms with E-state index < -0.39 is 0 Å². The van der Waals surface area contributed by atoms with E-state index in [2.05, 4.69) is 192 Å². The molecule has 2 nitrogen and oxygen atoms in total. The highest BCUT2D eigenvalue weighted by atomic mass is 15.1. The Hall–Kier alpha value is -5.86. The minimum Gasteiger partial charge on any atom is -0.310 e. The van der Waals surface area contributed by atoms with E-state index in [0.717, 1.165) is 29.2 Å². The second-order valence-corrected chi connectivity index (χ2v) is 11.7. The molecule has 0 atom stereocenters. The van der Waals surface area contributed by atoms with Crippen LogP contribution in [0.25, 0.3) is 49.7 Å². The maximum absolute atomic E-state index is 2.39. The van der Waals surface area contributed by atoms with E-state index in [1.54, 1.807) is 0 Å². The number of benzene rings is 7. The van der Waals surface area contributed by atoms with Crippen molar-refractivity contribution in [1.29, 1.82) is 0 Å². The molecular weight excluding hydrogens is 556 g/mol. The molecule has 0 aliphatic carbocycles. The van der Waals surface area contributed by atoms with Crippen LogP contribution in [-0.2, 0) is 6.42 Å². The lowest BCUT2D eigenvalue weighted by Gasteiger charge is -2.26. The van der Waals surface area contributed by atoms with Gasteiger partial charge in [-0.2, -0.15) is 0 Å². The molecule has 1 heterocycles. The molecular formula is C44H34N2. The van der Waals surface area contributed by atoms with Gasteiger partial charge in [0, 0.05) is 33.5 Å². The van der Waals surface area contributed by atoms with Crippen LogP contribution < -0.4 is 4.90 Å². The first-order chi connectivity index (χ1) is 22.8. The van der Waals surface area contributed by atoms with E-state index >= 15 is 0 Å². The fraction of sp³-hybridized carbons (Fsp3) is 0.0455.